The molecule has 7 nitrogen and oxygen atoms in total. The van der Waals surface area contributed by atoms with E-state index >= 15 is 0 Å². The Balaban J connectivity index is 1.86. The van der Waals surface area contributed by atoms with Gasteiger partial charge in [0.25, 0.3) is 0 Å². The standard InChI is InChI=1S/C28H30N2O5S/c1-4-34-28(31)24(17-20-11-7-6-8-12-20)26-27(36(32,33)5-2)23-18-22(14-15-25(23)30(26)3)35-19-21-13-9-10-16-29-21/h6-16,18,24H,4-5,17,19H2,1-3H3. The number of pyridine rings is 1. The summed E-state index contributed by atoms with van der Waals surface area (Å²) in [5.41, 5.74) is 2.80. The number of esters is 1. The summed E-state index contributed by atoms with van der Waals surface area (Å²) in [5, 5.41) is 0.523. The molecule has 4 aromatic rings. The van der Waals surface area contributed by atoms with Crippen molar-refractivity contribution in [3.05, 3.63) is 89.9 Å². The summed E-state index contributed by atoms with van der Waals surface area (Å²) < 4.78 is 40.1. The minimum Gasteiger partial charge on any atom is -0.487 e. The lowest BCUT2D eigenvalue weighted by Gasteiger charge is -2.19. The maximum absolute atomic E-state index is 13.5. The third-order valence-corrected chi connectivity index (χ3v) is 7.97. The average Bonchev–Trinajstić information content (AvgIpc) is 3.19. The van der Waals surface area contributed by atoms with E-state index in [2.05, 4.69) is 4.98 Å². The number of sulfone groups is 1. The van der Waals surface area contributed by atoms with Crippen LogP contribution in [0.15, 0.2) is 77.8 Å². The summed E-state index contributed by atoms with van der Waals surface area (Å²) in [6, 6.07) is 20.5. The molecule has 8 heteroatoms. The monoisotopic (exact) mass is 506 g/mol. The van der Waals surface area contributed by atoms with Crippen LogP contribution >= 0.6 is 0 Å². The minimum atomic E-state index is -3.70. The molecule has 2 aromatic carbocycles. The second-order valence-electron chi connectivity index (χ2n) is 8.46. The third kappa shape index (κ3) is 5.28. The number of hydrogen-bond acceptors (Lipinski definition) is 6. The van der Waals surface area contributed by atoms with Crippen molar-refractivity contribution in [2.75, 3.05) is 12.4 Å². The van der Waals surface area contributed by atoms with Crippen LogP contribution in [0.25, 0.3) is 10.9 Å². The van der Waals surface area contributed by atoms with Gasteiger partial charge in [0.15, 0.2) is 9.84 Å². The minimum absolute atomic E-state index is 0.0982. The lowest BCUT2D eigenvalue weighted by molar-refractivity contribution is -0.145. The van der Waals surface area contributed by atoms with E-state index in [1.54, 1.807) is 43.8 Å². The van der Waals surface area contributed by atoms with Gasteiger partial charge in [0, 0.05) is 24.1 Å². The van der Waals surface area contributed by atoms with Gasteiger partial charge in [-0.25, -0.2) is 8.42 Å². The fourth-order valence-electron chi connectivity index (χ4n) is 4.39. The Labute approximate surface area is 211 Å². The molecule has 1 unspecified atom stereocenters. The van der Waals surface area contributed by atoms with Crippen LogP contribution in [-0.4, -0.2) is 36.3 Å². The first-order valence-corrected chi connectivity index (χ1v) is 13.6. The molecule has 2 heterocycles. The smallest absolute Gasteiger partial charge is 0.315 e. The quantitative estimate of drug-likeness (QED) is 0.286. The Morgan fingerprint density at radius 2 is 1.78 bits per heavy atom. The Kier molecular flexibility index (Phi) is 7.74. The highest BCUT2D eigenvalue weighted by molar-refractivity contribution is 7.91. The maximum Gasteiger partial charge on any atom is 0.315 e. The number of hydrogen-bond donors (Lipinski definition) is 0. The van der Waals surface area contributed by atoms with E-state index in [-0.39, 0.29) is 23.9 Å². The van der Waals surface area contributed by atoms with E-state index in [0.717, 1.165) is 11.3 Å². The molecular weight excluding hydrogens is 476 g/mol. The predicted molar refractivity (Wildman–Crippen MR) is 139 cm³/mol. The molecule has 0 aliphatic heterocycles. The fraction of sp³-hybridized carbons (Fsp3) is 0.286. The van der Waals surface area contributed by atoms with Crippen molar-refractivity contribution >= 4 is 26.7 Å². The lowest BCUT2D eigenvalue weighted by atomic mass is 9.96. The topological polar surface area (TPSA) is 87.5 Å². The third-order valence-electron chi connectivity index (χ3n) is 6.16. The first-order valence-electron chi connectivity index (χ1n) is 11.9. The number of carbonyl (C=O) groups is 1. The number of rotatable bonds is 10. The van der Waals surface area contributed by atoms with E-state index in [9.17, 15) is 13.2 Å². The molecule has 0 aliphatic carbocycles. The molecule has 188 valence electrons. The molecule has 0 amide bonds. The number of benzene rings is 2. The van der Waals surface area contributed by atoms with Crippen molar-refractivity contribution in [1.29, 1.82) is 0 Å². The van der Waals surface area contributed by atoms with E-state index < -0.39 is 21.7 Å². The van der Waals surface area contributed by atoms with Gasteiger partial charge in [-0.3, -0.25) is 9.78 Å². The maximum atomic E-state index is 13.5. The van der Waals surface area contributed by atoms with Gasteiger partial charge >= 0.3 is 5.97 Å². The summed E-state index contributed by atoms with van der Waals surface area (Å²) in [5.74, 6) is -0.821. The first kappa shape index (κ1) is 25.4. The van der Waals surface area contributed by atoms with Crippen LogP contribution in [0.2, 0.25) is 0 Å². The Morgan fingerprint density at radius 3 is 2.44 bits per heavy atom. The van der Waals surface area contributed by atoms with Gasteiger partial charge in [-0.05, 0) is 49.2 Å². The zero-order valence-corrected chi connectivity index (χ0v) is 21.5. The molecule has 0 bridgehead atoms. The van der Waals surface area contributed by atoms with Crippen LogP contribution < -0.4 is 4.74 Å². The van der Waals surface area contributed by atoms with Crippen LogP contribution in [0.4, 0.5) is 0 Å². The molecular formula is C28H30N2O5S. The van der Waals surface area contributed by atoms with E-state index in [1.807, 2.05) is 54.6 Å². The highest BCUT2D eigenvalue weighted by Gasteiger charge is 2.34. The molecule has 2 aromatic heterocycles. The van der Waals surface area contributed by atoms with Gasteiger partial charge in [0.2, 0.25) is 0 Å². The zero-order chi connectivity index (χ0) is 25.7. The zero-order valence-electron chi connectivity index (χ0n) is 20.7. The first-order chi connectivity index (χ1) is 17.4. The van der Waals surface area contributed by atoms with Gasteiger partial charge in [-0.2, -0.15) is 0 Å². The largest absolute Gasteiger partial charge is 0.487 e. The lowest BCUT2D eigenvalue weighted by Crippen LogP contribution is -2.23. The molecule has 0 fully saturated rings. The normalized spacial score (nSPS) is 12.4. The Hall–Kier alpha value is -3.65. The van der Waals surface area contributed by atoms with Crippen molar-refractivity contribution in [1.82, 2.24) is 9.55 Å². The SMILES string of the molecule is CCOC(=O)C(Cc1ccccc1)c1c(S(=O)(=O)CC)c2cc(OCc3ccccn3)ccc2n1C. The van der Waals surface area contributed by atoms with Gasteiger partial charge < -0.3 is 14.0 Å². The Morgan fingerprint density at radius 1 is 1.03 bits per heavy atom. The molecule has 0 aliphatic rings. The molecule has 0 saturated heterocycles. The van der Waals surface area contributed by atoms with Crippen LogP contribution in [0, 0.1) is 0 Å². The van der Waals surface area contributed by atoms with E-state index in [0.29, 0.717) is 28.8 Å². The van der Waals surface area contributed by atoms with E-state index in [1.165, 1.54) is 0 Å². The van der Waals surface area contributed by atoms with Gasteiger partial charge in [-0.1, -0.05) is 43.3 Å². The van der Waals surface area contributed by atoms with Crippen LogP contribution in [0.3, 0.4) is 0 Å². The molecule has 1 atom stereocenters. The number of fused-ring (bicyclic) bond motifs is 1. The molecule has 0 radical (unpaired) electrons. The van der Waals surface area contributed by atoms with Crippen molar-refractivity contribution in [3.8, 4) is 5.75 Å². The summed E-state index contributed by atoms with van der Waals surface area (Å²) in [6.07, 6.45) is 2.01. The number of nitrogens with zero attached hydrogens (tertiary/aromatic N) is 2. The summed E-state index contributed by atoms with van der Waals surface area (Å²) >= 11 is 0. The highest BCUT2D eigenvalue weighted by atomic mass is 32.2. The average molecular weight is 507 g/mol. The van der Waals surface area contributed by atoms with Gasteiger partial charge in [-0.15, -0.1) is 0 Å². The van der Waals surface area contributed by atoms with Crippen molar-refractivity contribution in [2.45, 2.75) is 37.7 Å². The van der Waals surface area contributed by atoms with Crippen molar-refractivity contribution in [3.63, 3.8) is 0 Å². The second-order valence-corrected chi connectivity index (χ2v) is 10.7. The van der Waals surface area contributed by atoms with Crippen LogP contribution in [0.5, 0.6) is 5.75 Å². The second kappa shape index (κ2) is 11.0. The molecule has 0 saturated carbocycles. The Bertz CT molecular complexity index is 1450. The molecule has 4 rings (SSSR count). The summed E-state index contributed by atoms with van der Waals surface area (Å²) in [7, 11) is -1.91. The number of aryl methyl sites for hydroxylation is 1. The predicted octanol–water partition coefficient (Wildman–Crippen LogP) is 4.84. The van der Waals surface area contributed by atoms with Crippen LogP contribution in [-0.2, 0) is 39.4 Å². The van der Waals surface area contributed by atoms with Crippen molar-refractivity contribution in [2.24, 2.45) is 7.05 Å². The number of aromatic nitrogens is 2. The number of carbonyl (C=O) groups excluding carboxylic acids is 1. The van der Waals surface area contributed by atoms with Crippen LogP contribution in [0.1, 0.15) is 36.7 Å². The van der Waals surface area contributed by atoms with Gasteiger partial charge in [0.05, 0.1) is 28.6 Å². The van der Waals surface area contributed by atoms with E-state index in [4.69, 9.17) is 9.47 Å². The van der Waals surface area contributed by atoms with Crippen molar-refractivity contribution < 1.29 is 22.7 Å². The summed E-state index contributed by atoms with van der Waals surface area (Å²) in [4.78, 5) is 17.6. The molecule has 0 N–H and O–H groups in total. The van der Waals surface area contributed by atoms with Gasteiger partial charge in [0.1, 0.15) is 18.3 Å². The number of ether oxygens (including phenoxy) is 2. The fourth-order valence-corrected chi connectivity index (χ4v) is 5.77. The highest BCUT2D eigenvalue weighted by Crippen LogP contribution is 2.38. The molecule has 0 spiro atoms. The summed E-state index contributed by atoms with van der Waals surface area (Å²) in [6.45, 7) is 3.81. The molecule has 36 heavy (non-hydrogen) atoms.